The molecule has 0 unspecified atom stereocenters. The maximum Gasteiger partial charge on any atom is 0.387 e. The van der Waals surface area contributed by atoms with E-state index in [1.807, 2.05) is 24.3 Å². The highest BCUT2D eigenvalue weighted by molar-refractivity contribution is 7.22. The zero-order valence-corrected chi connectivity index (χ0v) is 13.1. The highest BCUT2D eigenvalue weighted by Crippen LogP contribution is 2.25. The standard InChI is InChI=1S/C16H13F2N3O2S/c17-14(18)23-11-7-5-10(6-8-11)9-19-15(22)21-16-20-12-3-1-2-4-13(12)24-16/h1-8,14H,9H2,(H2,19,20,21,22). The van der Waals surface area contributed by atoms with Crippen molar-refractivity contribution in [2.24, 2.45) is 0 Å². The highest BCUT2D eigenvalue weighted by Gasteiger charge is 2.08. The van der Waals surface area contributed by atoms with Crippen LogP contribution in [-0.2, 0) is 6.54 Å². The number of fused-ring (bicyclic) bond motifs is 1. The summed E-state index contributed by atoms with van der Waals surface area (Å²) in [6.45, 7) is -2.60. The molecule has 2 N–H and O–H groups in total. The fraction of sp³-hybridized carbons (Fsp3) is 0.125. The lowest BCUT2D eigenvalue weighted by atomic mass is 10.2. The molecule has 5 nitrogen and oxygen atoms in total. The van der Waals surface area contributed by atoms with E-state index in [0.717, 1.165) is 15.8 Å². The largest absolute Gasteiger partial charge is 0.435 e. The van der Waals surface area contributed by atoms with Crippen LogP contribution < -0.4 is 15.4 Å². The van der Waals surface area contributed by atoms with E-state index in [9.17, 15) is 13.6 Å². The smallest absolute Gasteiger partial charge is 0.387 e. The number of aromatic nitrogens is 1. The van der Waals surface area contributed by atoms with Crippen LogP contribution in [0, 0.1) is 0 Å². The molecule has 8 heteroatoms. The summed E-state index contributed by atoms with van der Waals surface area (Å²) in [5, 5.41) is 5.86. The predicted molar refractivity (Wildman–Crippen MR) is 88.6 cm³/mol. The molecule has 124 valence electrons. The number of nitrogens with one attached hydrogen (secondary N) is 2. The summed E-state index contributed by atoms with van der Waals surface area (Å²) in [4.78, 5) is 16.2. The van der Waals surface area contributed by atoms with Crippen molar-refractivity contribution in [2.75, 3.05) is 5.32 Å². The van der Waals surface area contributed by atoms with Gasteiger partial charge in [0, 0.05) is 6.54 Å². The first-order chi connectivity index (χ1) is 11.6. The molecule has 3 rings (SSSR count). The van der Waals surface area contributed by atoms with E-state index in [1.165, 1.54) is 23.5 Å². The average Bonchev–Trinajstić information content (AvgIpc) is 2.96. The minimum atomic E-state index is -2.85. The summed E-state index contributed by atoms with van der Waals surface area (Å²) in [5.74, 6) is 0.0766. The lowest BCUT2D eigenvalue weighted by Crippen LogP contribution is -2.28. The van der Waals surface area contributed by atoms with E-state index in [1.54, 1.807) is 12.1 Å². The van der Waals surface area contributed by atoms with Crippen molar-refractivity contribution in [1.82, 2.24) is 10.3 Å². The zero-order valence-electron chi connectivity index (χ0n) is 12.3. The molecule has 0 bridgehead atoms. The molecule has 0 aliphatic heterocycles. The second-order valence-corrected chi connectivity index (χ2v) is 5.85. The summed E-state index contributed by atoms with van der Waals surface area (Å²) >= 11 is 1.38. The first kappa shape index (κ1) is 16.1. The summed E-state index contributed by atoms with van der Waals surface area (Å²) in [6, 6.07) is 13.3. The normalized spacial score (nSPS) is 10.8. The summed E-state index contributed by atoms with van der Waals surface area (Å²) in [6.07, 6.45) is 0. The van der Waals surface area contributed by atoms with E-state index in [-0.39, 0.29) is 18.3 Å². The van der Waals surface area contributed by atoms with Crippen molar-refractivity contribution >= 4 is 32.7 Å². The van der Waals surface area contributed by atoms with E-state index >= 15 is 0 Å². The minimum absolute atomic E-state index is 0.0766. The average molecular weight is 349 g/mol. The Labute approximate surface area is 140 Å². The monoisotopic (exact) mass is 349 g/mol. The molecule has 0 aliphatic carbocycles. The molecular formula is C16H13F2N3O2S. The molecule has 0 spiro atoms. The van der Waals surface area contributed by atoms with Gasteiger partial charge in [-0.25, -0.2) is 9.78 Å². The van der Waals surface area contributed by atoms with Gasteiger partial charge in [0.1, 0.15) is 5.75 Å². The van der Waals surface area contributed by atoms with Gasteiger partial charge in [-0.05, 0) is 29.8 Å². The third-order valence-corrected chi connectivity index (χ3v) is 4.07. The number of alkyl halides is 2. The van der Waals surface area contributed by atoms with Gasteiger partial charge in [-0.1, -0.05) is 35.6 Å². The molecule has 2 aromatic carbocycles. The number of ether oxygens (including phenoxy) is 1. The molecule has 0 saturated heterocycles. The molecule has 1 heterocycles. The second kappa shape index (κ2) is 7.22. The van der Waals surface area contributed by atoms with Gasteiger partial charge in [-0.15, -0.1) is 0 Å². The number of para-hydroxylation sites is 1. The summed E-state index contributed by atoms with van der Waals surface area (Å²) in [7, 11) is 0. The Morgan fingerprint density at radius 1 is 1.17 bits per heavy atom. The van der Waals surface area contributed by atoms with Crippen LogP contribution in [0.2, 0.25) is 0 Å². The quantitative estimate of drug-likeness (QED) is 0.725. The number of halogens is 2. The van der Waals surface area contributed by atoms with Gasteiger partial charge < -0.3 is 10.1 Å². The van der Waals surface area contributed by atoms with Crippen LogP contribution in [0.1, 0.15) is 5.56 Å². The van der Waals surface area contributed by atoms with Gasteiger partial charge in [0.15, 0.2) is 5.13 Å². The topological polar surface area (TPSA) is 63.2 Å². The van der Waals surface area contributed by atoms with Crippen molar-refractivity contribution in [3.8, 4) is 5.75 Å². The fourth-order valence-corrected chi connectivity index (χ4v) is 2.90. The van der Waals surface area contributed by atoms with Crippen LogP contribution in [0.25, 0.3) is 10.2 Å². The van der Waals surface area contributed by atoms with Crippen molar-refractivity contribution in [3.05, 3.63) is 54.1 Å². The van der Waals surface area contributed by atoms with Crippen LogP contribution in [0.5, 0.6) is 5.75 Å². The van der Waals surface area contributed by atoms with Gasteiger partial charge >= 0.3 is 12.6 Å². The number of anilines is 1. The molecule has 2 amide bonds. The first-order valence-corrected chi connectivity index (χ1v) is 7.86. The number of hydrogen-bond acceptors (Lipinski definition) is 4. The molecule has 0 radical (unpaired) electrons. The number of carbonyl (C=O) groups is 1. The maximum atomic E-state index is 12.1. The van der Waals surface area contributed by atoms with E-state index in [0.29, 0.717) is 5.13 Å². The third kappa shape index (κ3) is 4.17. The number of amides is 2. The van der Waals surface area contributed by atoms with Crippen molar-refractivity contribution in [3.63, 3.8) is 0 Å². The number of benzene rings is 2. The van der Waals surface area contributed by atoms with E-state index in [2.05, 4.69) is 20.4 Å². The van der Waals surface area contributed by atoms with Gasteiger partial charge in [0.2, 0.25) is 0 Å². The Hall–Kier alpha value is -2.74. The molecule has 0 aliphatic rings. The molecule has 1 aromatic heterocycles. The van der Waals surface area contributed by atoms with Crippen LogP contribution in [0.4, 0.5) is 18.7 Å². The fourth-order valence-electron chi connectivity index (χ4n) is 2.04. The molecule has 24 heavy (non-hydrogen) atoms. The molecule has 0 fully saturated rings. The van der Waals surface area contributed by atoms with Crippen molar-refractivity contribution < 1.29 is 18.3 Å². The number of rotatable bonds is 5. The molecular weight excluding hydrogens is 336 g/mol. The van der Waals surface area contributed by atoms with Crippen LogP contribution in [0.15, 0.2) is 48.5 Å². The third-order valence-electron chi connectivity index (χ3n) is 3.12. The van der Waals surface area contributed by atoms with Crippen molar-refractivity contribution in [2.45, 2.75) is 13.2 Å². The van der Waals surface area contributed by atoms with Crippen molar-refractivity contribution in [1.29, 1.82) is 0 Å². The maximum absolute atomic E-state index is 12.1. The Balaban J connectivity index is 1.53. The lowest BCUT2D eigenvalue weighted by Gasteiger charge is -2.07. The summed E-state index contributed by atoms with van der Waals surface area (Å²) < 4.78 is 29.4. The van der Waals surface area contributed by atoms with E-state index in [4.69, 9.17) is 0 Å². The SMILES string of the molecule is O=C(NCc1ccc(OC(F)F)cc1)Nc1nc2ccccc2s1. The van der Waals surface area contributed by atoms with Gasteiger partial charge in [0.05, 0.1) is 10.2 Å². The Bertz CT molecular complexity index is 804. The number of nitrogens with zero attached hydrogens (tertiary/aromatic N) is 1. The van der Waals surface area contributed by atoms with Crippen LogP contribution in [0.3, 0.4) is 0 Å². The minimum Gasteiger partial charge on any atom is -0.435 e. The van der Waals surface area contributed by atoms with Gasteiger partial charge in [-0.2, -0.15) is 8.78 Å². The highest BCUT2D eigenvalue weighted by atomic mass is 32.1. The Morgan fingerprint density at radius 2 is 1.92 bits per heavy atom. The number of urea groups is 1. The predicted octanol–water partition coefficient (Wildman–Crippen LogP) is 4.22. The van der Waals surface area contributed by atoms with Gasteiger partial charge in [0.25, 0.3) is 0 Å². The van der Waals surface area contributed by atoms with Gasteiger partial charge in [-0.3, -0.25) is 5.32 Å². The molecule has 0 saturated carbocycles. The Morgan fingerprint density at radius 3 is 2.62 bits per heavy atom. The molecule has 3 aromatic rings. The number of thiazole rings is 1. The lowest BCUT2D eigenvalue weighted by molar-refractivity contribution is -0.0498. The second-order valence-electron chi connectivity index (χ2n) is 4.82. The first-order valence-electron chi connectivity index (χ1n) is 7.04. The van der Waals surface area contributed by atoms with Crippen LogP contribution >= 0.6 is 11.3 Å². The Kier molecular flexibility index (Phi) is 4.85. The summed E-state index contributed by atoms with van der Waals surface area (Å²) in [5.41, 5.74) is 1.59. The van der Waals surface area contributed by atoms with Crippen LogP contribution in [-0.4, -0.2) is 17.6 Å². The number of carbonyl (C=O) groups excluding carboxylic acids is 1. The number of hydrogen-bond donors (Lipinski definition) is 2. The van der Waals surface area contributed by atoms with E-state index < -0.39 is 6.61 Å². The molecule has 0 atom stereocenters. The zero-order chi connectivity index (χ0) is 16.9.